The molecule has 198 valence electrons. The number of nitrogens with zero attached hydrogens (tertiary/aromatic N) is 1. The zero-order valence-electron chi connectivity index (χ0n) is 18.8. The number of benzene rings is 2. The lowest BCUT2D eigenvalue weighted by molar-refractivity contribution is -0.145. The number of carboxylic acid groups (broad SMARTS) is 1. The lowest BCUT2D eigenvalue weighted by Gasteiger charge is -2.43. The van der Waals surface area contributed by atoms with Gasteiger partial charge >= 0.3 is 24.5 Å². The van der Waals surface area contributed by atoms with Crippen LogP contribution in [0.3, 0.4) is 0 Å². The number of rotatable bonds is 5. The molecule has 0 radical (unpaired) electrons. The average molecular weight is 527 g/mol. The van der Waals surface area contributed by atoms with Crippen molar-refractivity contribution >= 4 is 5.97 Å². The van der Waals surface area contributed by atoms with Gasteiger partial charge in [-0.2, -0.15) is 39.5 Å². The lowest BCUT2D eigenvalue weighted by Crippen LogP contribution is -2.42. The summed E-state index contributed by atoms with van der Waals surface area (Å²) in [7, 11) is 0. The molecule has 3 nitrogen and oxygen atoms in total. The minimum absolute atomic E-state index is 0.113. The first-order chi connectivity index (χ1) is 16.5. The highest BCUT2D eigenvalue weighted by molar-refractivity contribution is 5.70. The maximum absolute atomic E-state index is 13.6. The number of likely N-dealkylation sites (tertiary alicyclic amines) is 1. The highest BCUT2D eigenvalue weighted by Gasteiger charge is 2.41. The van der Waals surface area contributed by atoms with E-state index in [4.69, 9.17) is 0 Å². The van der Waals surface area contributed by atoms with E-state index in [1.54, 1.807) is 0 Å². The largest absolute Gasteiger partial charge is 0.481 e. The standard InChI is InChI=1S/C24H22F9NO2/c1-13(21(35)36)18-3-2-10-34(20(18)14-4-6-16(7-5-14)22(25,26)27)12-15-11-17(23(28,29)30)8-9-19(15)24(31,32)33/h4-9,11,13,18,20H,2-3,10,12H2,1H3,(H,35,36). The molecule has 3 atom stereocenters. The second-order valence-electron chi connectivity index (χ2n) is 8.84. The second-order valence-corrected chi connectivity index (χ2v) is 8.84. The zero-order valence-corrected chi connectivity index (χ0v) is 18.8. The third kappa shape index (κ3) is 6.13. The van der Waals surface area contributed by atoms with Crippen molar-refractivity contribution in [2.24, 2.45) is 11.8 Å². The van der Waals surface area contributed by atoms with Crippen molar-refractivity contribution < 1.29 is 49.4 Å². The van der Waals surface area contributed by atoms with Gasteiger partial charge in [-0.1, -0.05) is 19.1 Å². The summed E-state index contributed by atoms with van der Waals surface area (Å²) in [4.78, 5) is 13.1. The van der Waals surface area contributed by atoms with E-state index in [9.17, 15) is 49.4 Å². The predicted molar refractivity (Wildman–Crippen MR) is 111 cm³/mol. The SMILES string of the molecule is CC(C(=O)O)C1CCCN(Cc2cc(C(F)(F)F)ccc2C(F)(F)F)C1c1ccc(C(F)(F)F)cc1. The van der Waals surface area contributed by atoms with Crippen molar-refractivity contribution in [3.63, 3.8) is 0 Å². The van der Waals surface area contributed by atoms with Gasteiger partial charge in [-0.05, 0) is 66.8 Å². The van der Waals surface area contributed by atoms with Gasteiger partial charge in [0.15, 0.2) is 0 Å². The number of carboxylic acids is 1. The molecule has 1 fully saturated rings. The summed E-state index contributed by atoms with van der Waals surface area (Å²) in [6.07, 6.45) is -13.8. The van der Waals surface area contributed by atoms with Crippen molar-refractivity contribution in [1.82, 2.24) is 4.90 Å². The van der Waals surface area contributed by atoms with Crippen LogP contribution < -0.4 is 0 Å². The van der Waals surface area contributed by atoms with Crippen LogP contribution >= 0.6 is 0 Å². The molecule has 1 aliphatic heterocycles. The monoisotopic (exact) mass is 527 g/mol. The number of aliphatic carboxylic acids is 1. The molecule has 0 aromatic heterocycles. The van der Waals surface area contributed by atoms with Crippen LogP contribution in [0.2, 0.25) is 0 Å². The Kier molecular flexibility index (Phi) is 7.69. The summed E-state index contributed by atoms with van der Waals surface area (Å²) in [5.41, 5.74) is -3.92. The summed E-state index contributed by atoms with van der Waals surface area (Å²) in [5.74, 6) is -2.91. The second kappa shape index (κ2) is 9.95. The van der Waals surface area contributed by atoms with Crippen molar-refractivity contribution in [3.05, 3.63) is 70.3 Å². The molecule has 12 heteroatoms. The minimum atomic E-state index is -4.95. The smallest absolute Gasteiger partial charge is 0.416 e. The zero-order chi connectivity index (χ0) is 27.1. The predicted octanol–water partition coefficient (Wildman–Crippen LogP) is 7.42. The number of alkyl halides is 9. The van der Waals surface area contributed by atoms with Gasteiger partial charge in [0, 0.05) is 12.6 Å². The quantitative estimate of drug-likeness (QED) is 0.412. The Morgan fingerprint density at radius 2 is 1.47 bits per heavy atom. The third-order valence-electron chi connectivity index (χ3n) is 6.50. The molecule has 3 unspecified atom stereocenters. The molecule has 3 rings (SSSR count). The highest BCUT2D eigenvalue weighted by atomic mass is 19.4. The molecule has 1 saturated heterocycles. The fraction of sp³-hybridized carbons (Fsp3) is 0.458. The van der Waals surface area contributed by atoms with Gasteiger partial charge in [-0.15, -0.1) is 0 Å². The molecule has 0 spiro atoms. The molecule has 2 aromatic carbocycles. The van der Waals surface area contributed by atoms with E-state index in [1.165, 1.54) is 11.8 Å². The van der Waals surface area contributed by atoms with E-state index >= 15 is 0 Å². The van der Waals surface area contributed by atoms with E-state index in [-0.39, 0.29) is 12.1 Å². The summed E-state index contributed by atoms with van der Waals surface area (Å²) in [5, 5.41) is 9.56. The number of hydrogen-bond acceptors (Lipinski definition) is 2. The lowest BCUT2D eigenvalue weighted by atomic mass is 9.77. The fourth-order valence-corrected chi connectivity index (χ4v) is 4.71. The van der Waals surface area contributed by atoms with Crippen LogP contribution in [-0.2, 0) is 29.9 Å². The van der Waals surface area contributed by atoms with Crippen LogP contribution in [0.1, 0.15) is 53.6 Å². The topological polar surface area (TPSA) is 40.5 Å². The maximum Gasteiger partial charge on any atom is 0.416 e. The van der Waals surface area contributed by atoms with Crippen molar-refractivity contribution in [2.45, 2.75) is 50.9 Å². The Bertz CT molecular complexity index is 1070. The number of hydrogen-bond donors (Lipinski definition) is 1. The first-order valence-electron chi connectivity index (χ1n) is 10.9. The van der Waals surface area contributed by atoms with E-state index in [2.05, 4.69) is 0 Å². The molecule has 0 saturated carbocycles. The van der Waals surface area contributed by atoms with Crippen LogP contribution in [-0.4, -0.2) is 22.5 Å². The van der Waals surface area contributed by atoms with Gasteiger partial charge in [0.1, 0.15) is 0 Å². The van der Waals surface area contributed by atoms with Crippen molar-refractivity contribution in [2.75, 3.05) is 6.54 Å². The van der Waals surface area contributed by atoms with E-state index in [0.29, 0.717) is 31.0 Å². The third-order valence-corrected chi connectivity index (χ3v) is 6.50. The Morgan fingerprint density at radius 3 is 1.97 bits per heavy atom. The van der Waals surface area contributed by atoms with E-state index in [0.717, 1.165) is 24.3 Å². The molecule has 0 amide bonds. The van der Waals surface area contributed by atoms with Gasteiger partial charge < -0.3 is 5.11 Å². The molecule has 0 aliphatic carbocycles. The molecule has 1 aliphatic rings. The van der Waals surface area contributed by atoms with Crippen LogP contribution in [0.15, 0.2) is 42.5 Å². The Labute approximate surface area is 200 Å². The van der Waals surface area contributed by atoms with Gasteiger partial charge in [-0.25, -0.2) is 0 Å². The Hall–Kier alpha value is -2.76. The summed E-state index contributed by atoms with van der Waals surface area (Å²) < 4.78 is 120. The van der Waals surface area contributed by atoms with Crippen molar-refractivity contribution in [3.8, 4) is 0 Å². The molecule has 1 heterocycles. The first-order valence-corrected chi connectivity index (χ1v) is 10.9. The fourth-order valence-electron chi connectivity index (χ4n) is 4.71. The van der Waals surface area contributed by atoms with E-state index in [1.807, 2.05) is 0 Å². The van der Waals surface area contributed by atoms with Crippen molar-refractivity contribution in [1.29, 1.82) is 0 Å². The maximum atomic E-state index is 13.6. The molecular formula is C24H22F9NO2. The number of piperidine rings is 1. The Morgan fingerprint density at radius 1 is 0.917 bits per heavy atom. The van der Waals surface area contributed by atoms with Gasteiger partial charge in [0.05, 0.1) is 22.6 Å². The molecular weight excluding hydrogens is 505 g/mol. The van der Waals surface area contributed by atoms with Crippen LogP contribution in [0.25, 0.3) is 0 Å². The summed E-state index contributed by atoms with van der Waals surface area (Å²) in [6.45, 7) is 0.897. The molecule has 0 bridgehead atoms. The minimum Gasteiger partial charge on any atom is -0.481 e. The molecule has 1 N–H and O–H groups in total. The van der Waals surface area contributed by atoms with Gasteiger partial charge in [-0.3, -0.25) is 9.69 Å². The molecule has 36 heavy (non-hydrogen) atoms. The van der Waals surface area contributed by atoms with Gasteiger partial charge in [0.25, 0.3) is 0 Å². The summed E-state index contributed by atoms with van der Waals surface area (Å²) >= 11 is 0. The normalized spacial score (nSPS) is 20.8. The Balaban J connectivity index is 2.09. The van der Waals surface area contributed by atoms with Crippen LogP contribution in [0.5, 0.6) is 0 Å². The first kappa shape index (κ1) is 27.8. The number of halogens is 9. The average Bonchev–Trinajstić information content (AvgIpc) is 2.76. The van der Waals surface area contributed by atoms with Crippen LogP contribution in [0.4, 0.5) is 39.5 Å². The summed E-state index contributed by atoms with van der Waals surface area (Å²) in [6, 6.07) is 4.01. The van der Waals surface area contributed by atoms with E-state index < -0.39 is 71.2 Å². The van der Waals surface area contributed by atoms with Crippen LogP contribution in [0, 0.1) is 11.8 Å². The van der Waals surface area contributed by atoms with Gasteiger partial charge in [0.2, 0.25) is 0 Å². The highest BCUT2D eigenvalue weighted by Crippen LogP contribution is 2.44. The number of carbonyl (C=O) groups is 1. The molecule has 2 aromatic rings.